The van der Waals surface area contributed by atoms with Crippen LogP contribution in [0.4, 0.5) is 0 Å². The van der Waals surface area contributed by atoms with Crippen molar-refractivity contribution >= 4 is 5.91 Å². The summed E-state index contributed by atoms with van der Waals surface area (Å²) in [5.41, 5.74) is 0. The van der Waals surface area contributed by atoms with Gasteiger partial charge in [0.15, 0.2) is 0 Å². The molecule has 0 aromatic heterocycles. The first-order valence-electron chi connectivity index (χ1n) is 9.26. The topological polar surface area (TPSA) is 23.6 Å². The van der Waals surface area contributed by atoms with Crippen molar-refractivity contribution in [3.63, 3.8) is 0 Å². The fourth-order valence-corrected chi connectivity index (χ4v) is 2.48. The second-order valence-electron chi connectivity index (χ2n) is 5.05. The van der Waals surface area contributed by atoms with E-state index in [1.54, 1.807) is 0 Å². The summed E-state index contributed by atoms with van der Waals surface area (Å²) < 4.78 is 0. The summed E-state index contributed by atoms with van der Waals surface area (Å²) in [6.45, 7) is 19.2. The fraction of sp³-hybridized carbons (Fsp3) is 0.944. The first-order valence-corrected chi connectivity index (χ1v) is 9.26. The highest BCUT2D eigenvalue weighted by Crippen LogP contribution is 2.16. The van der Waals surface area contributed by atoms with Crippen LogP contribution >= 0.6 is 0 Å². The Balaban J connectivity index is 0. The summed E-state index contributed by atoms with van der Waals surface area (Å²) in [5, 5.41) is 0. The summed E-state index contributed by atoms with van der Waals surface area (Å²) in [4.78, 5) is 16.2. The SMILES string of the molecule is CC.CC.CC.CC1CCN(CC(=O)N2CCCC2)CC1. The van der Waals surface area contributed by atoms with Crippen LogP contribution in [0.1, 0.15) is 74.1 Å². The van der Waals surface area contributed by atoms with E-state index in [-0.39, 0.29) is 0 Å². The van der Waals surface area contributed by atoms with Crippen molar-refractivity contribution in [2.45, 2.75) is 74.1 Å². The Morgan fingerprint density at radius 2 is 1.29 bits per heavy atom. The molecule has 128 valence electrons. The molecule has 2 aliphatic rings. The lowest BCUT2D eigenvalue weighted by Crippen LogP contribution is -2.42. The third kappa shape index (κ3) is 9.89. The molecule has 0 spiro atoms. The highest BCUT2D eigenvalue weighted by molar-refractivity contribution is 5.78. The molecule has 0 N–H and O–H groups in total. The van der Waals surface area contributed by atoms with Gasteiger partial charge < -0.3 is 4.90 Å². The van der Waals surface area contributed by atoms with Crippen LogP contribution < -0.4 is 0 Å². The maximum absolute atomic E-state index is 11.9. The van der Waals surface area contributed by atoms with E-state index in [1.165, 1.54) is 25.7 Å². The zero-order valence-corrected chi connectivity index (χ0v) is 15.7. The molecule has 2 aliphatic heterocycles. The first-order chi connectivity index (χ1) is 10.3. The van der Waals surface area contributed by atoms with Crippen molar-refractivity contribution in [2.24, 2.45) is 5.92 Å². The Morgan fingerprint density at radius 3 is 1.71 bits per heavy atom. The second kappa shape index (κ2) is 15.8. The van der Waals surface area contributed by atoms with Crippen molar-refractivity contribution in [1.82, 2.24) is 9.80 Å². The number of carbonyl (C=O) groups is 1. The number of hydrogen-bond acceptors (Lipinski definition) is 2. The zero-order chi connectivity index (χ0) is 16.7. The average Bonchev–Trinajstić information content (AvgIpc) is 3.10. The minimum absolute atomic E-state index is 0.349. The second-order valence-corrected chi connectivity index (χ2v) is 5.05. The van der Waals surface area contributed by atoms with Crippen molar-refractivity contribution in [3.05, 3.63) is 0 Å². The molecular weight excluding hydrogens is 260 g/mol. The summed E-state index contributed by atoms with van der Waals surface area (Å²) in [6.07, 6.45) is 4.91. The molecule has 2 heterocycles. The van der Waals surface area contributed by atoms with Crippen LogP contribution in [0.25, 0.3) is 0 Å². The van der Waals surface area contributed by atoms with Gasteiger partial charge in [-0.25, -0.2) is 0 Å². The fourth-order valence-electron chi connectivity index (χ4n) is 2.48. The van der Waals surface area contributed by atoms with Crippen LogP contribution in [0.15, 0.2) is 0 Å². The minimum Gasteiger partial charge on any atom is -0.342 e. The quantitative estimate of drug-likeness (QED) is 0.753. The summed E-state index contributed by atoms with van der Waals surface area (Å²) in [7, 11) is 0. The standard InChI is InChI=1S/C12H22N2O.3C2H6/c1-11-4-8-13(9-5-11)10-12(15)14-6-2-3-7-14;3*1-2/h11H,2-10H2,1H3;3*1-2H3. The zero-order valence-electron chi connectivity index (χ0n) is 15.7. The molecule has 0 aromatic rings. The summed E-state index contributed by atoms with van der Waals surface area (Å²) in [5.74, 6) is 1.20. The lowest BCUT2D eigenvalue weighted by molar-refractivity contribution is -0.131. The molecule has 3 heteroatoms. The molecule has 0 bridgehead atoms. The van der Waals surface area contributed by atoms with Gasteiger partial charge in [-0.2, -0.15) is 0 Å². The van der Waals surface area contributed by atoms with E-state index in [9.17, 15) is 4.79 Å². The molecule has 2 saturated heterocycles. The molecule has 2 rings (SSSR count). The van der Waals surface area contributed by atoms with Gasteiger partial charge in [0.05, 0.1) is 6.54 Å². The Bertz CT molecular complexity index is 217. The molecule has 3 nitrogen and oxygen atoms in total. The molecule has 2 fully saturated rings. The highest BCUT2D eigenvalue weighted by atomic mass is 16.2. The van der Waals surface area contributed by atoms with Gasteiger partial charge in [-0.05, 0) is 44.7 Å². The number of likely N-dealkylation sites (tertiary alicyclic amines) is 2. The summed E-state index contributed by atoms with van der Waals surface area (Å²) >= 11 is 0. The molecule has 0 aromatic carbocycles. The number of amides is 1. The van der Waals surface area contributed by atoms with Gasteiger partial charge in [0.2, 0.25) is 5.91 Å². The predicted octanol–water partition coefficient (Wildman–Crippen LogP) is 4.42. The van der Waals surface area contributed by atoms with E-state index in [1.807, 2.05) is 46.4 Å². The van der Waals surface area contributed by atoms with Crippen LogP contribution in [0.5, 0.6) is 0 Å². The maximum Gasteiger partial charge on any atom is 0.236 e. The van der Waals surface area contributed by atoms with E-state index in [2.05, 4.69) is 11.8 Å². The van der Waals surface area contributed by atoms with E-state index in [4.69, 9.17) is 0 Å². The third-order valence-electron chi connectivity index (χ3n) is 3.69. The molecule has 21 heavy (non-hydrogen) atoms. The van der Waals surface area contributed by atoms with Crippen molar-refractivity contribution in [2.75, 3.05) is 32.7 Å². The van der Waals surface area contributed by atoms with E-state index >= 15 is 0 Å². The van der Waals surface area contributed by atoms with Crippen molar-refractivity contribution in [1.29, 1.82) is 0 Å². The first kappa shape index (κ1) is 22.7. The summed E-state index contributed by atoms with van der Waals surface area (Å²) in [6, 6.07) is 0. The van der Waals surface area contributed by atoms with Crippen molar-refractivity contribution in [3.8, 4) is 0 Å². The van der Waals surface area contributed by atoms with Gasteiger partial charge in [-0.15, -0.1) is 0 Å². The normalized spacial score (nSPS) is 18.5. The van der Waals surface area contributed by atoms with Crippen LogP contribution in [-0.2, 0) is 4.79 Å². The van der Waals surface area contributed by atoms with E-state index < -0.39 is 0 Å². The molecular formula is C18H40N2O. The number of piperidine rings is 1. The molecule has 0 aliphatic carbocycles. The Labute approximate surface area is 134 Å². The lowest BCUT2D eigenvalue weighted by atomic mass is 9.99. The van der Waals surface area contributed by atoms with Gasteiger partial charge in [0.1, 0.15) is 0 Å². The smallest absolute Gasteiger partial charge is 0.236 e. The van der Waals surface area contributed by atoms with Crippen molar-refractivity contribution < 1.29 is 4.79 Å². The number of hydrogen-bond donors (Lipinski definition) is 0. The van der Waals surface area contributed by atoms with Crippen LogP contribution in [0.2, 0.25) is 0 Å². The van der Waals surface area contributed by atoms with Gasteiger partial charge in [-0.3, -0.25) is 9.69 Å². The minimum atomic E-state index is 0.349. The highest BCUT2D eigenvalue weighted by Gasteiger charge is 2.22. The largest absolute Gasteiger partial charge is 0.342 e. The number of nitrogens with zero attached hydrogens (tertiary/aromatic N) is 2. The molecule has 0 atom stereocenters. The Morgan fingerprint density at radius 1 is 0.857 bits per heavy atom. The number of rotatable bonds is 2. The molecule has 0 radical (unpaired) electrons. The molecule has 1 amide bonds. The number of carbonyl (C=O) groups excluding carboxylic acids is 1. The van der Waals surface area contributed by atoms with E-state index in [0.29, 0.717) is 12.5 Å². The van der Waals surface area contributed by atoms with E-state index in [0.717, 1.165) is 32.1 Å². The van der Waals surface area contributed by atoms with Gasteiger partial charge >= 0.3 is 0 Å². The van der Waals surface area contributed by atoms with Gasteiger partial charge in [0.25, 0.3) is 0 Å². The average molecular weight is 301 g/mol. The monoisotopic (exact) mass is 300 g/mol. The lowest BCUT2D eigenvalue weighted by Gasteiger charge is -2.30. The molecule has 0 unspecified atom stereocenters. The Hall–Kier alpha value is -0.570. The van der Waals surface area contributed by atoms with Gasteiger partial charge in [-0.1, -0.05) is 48.5 Å². The van der Waals surface area contributed by atoms with Crippen LogP contribution in [0, 0.1) is 5.92 Å². The van der Waals surface area contributed by atoms with Crippen LogP contribution in [0.3, 0.4) is 0 Å². The molecule has 0 saturated carbocycles. The Kier molecular flexibility index (Phi) is 17.1. The van der Waals surface area contributed by atoms with Gasteiger partial charge in [0, 0.05) is 13.1 Å². The maximum atomic E-state index is 11.9. The predicted molar refractivity (Wildman–Crippen MR) is 94.7 cm³/mol. The van der Waals surface area contributed by atoms with Crippen LogP contribution in [-0.4, -0.2) is 48.4 Å². The third-order valence-corrected chi connectivity index (χ3v) is 3.69.